The smallest absolute Gasteiger partial charge is 0.230 e. The number of aromatic nitrogens is 7. The van der Waals surface area contributed by atoms with Crippen molar-refractivity contribution in [2.45, 2.75) is 32.6 Å². The normalized spacial score (nSPS) is 11.8. The van der Waals surface area contributed by atoms with E-state index in [0.717, 1.165) is 50.2 Å². The number of carbonyl (C=O) groups is 1. The molecule has 5 aromatic heterocycles. The zero-order chi connectivity index (χ0) is 28.0. The van der Waals surface area contributed by atoms with Crippen molar-refractivity contribution in [3.8, 4) is 33.4 Å². The van der Waals surface area contributed by atoms with Crippen LogP contribution in [0.5, 0.6) is 0 Å². The largest absolute Gasteiger partial charge is 0.359 e. The molecule has 0 fully saturated rings. The number of hydrogen-bond acceptors (Lipinski definition) is 6. The van der Waals surface area contributed by atoms with E-state index in [4.69, 9.17) is 9.62 Å². The first-order valence-electron chi connectivity index (χ1n) is 13.0. The van der Waals surface area contributed by atoms with Crippen molar-refractivity contribution in [2.75, 3.05) is 5.32 Å². The molecule has 1 amide bonds. The van der Waals surface area contributed by atoms with Crippen LogP contribution in [0, 0.1) is 0 Å². The average molecular weight is 535 g/mol. The molecule has 0 aliphatic heterocycles. The van der Waals surface area contributed by atoms with E-state index in [0.29, 0.717) is 5.82 Å². The third-order valence-electron chi connectivity index (χ3n) is 6.81. The summed E-state index contributed by atoms with van der Waals surface area (Å²) in [6.45, 7) is 6.10. The Morgan fingerprint density at radius 2 is 1.52 bits per heavy atom. The van der Waals surface area contributed by atoms with Gasteiger partial charge in [0.05, 0.1) is 30.5 Å². The minimum Gasteiger partial charge on any atom is -0.359 e. The molecule has 0 spiro atoms. The summed E-state index contributed by atoms with van der Waals surface area (Å²) in [5.41, 5.74) is 7.72. The maximum Gasteiger partial charge on any atom is 0.230 e. The van der Waals surface area contributed by atoms with Crippen molar-refractivity contribution >= 4 is 17.2 Å². The van der Waals surface area contributed by atoms with E-state index in [9.17, 15) is 4.79 Å². The van der Waals surface area contributed by atoms with Crippen LogP contribution in [0.15, 0.2) is 78.1 Å². The number of rotatable bonds is 6. The predicted molar refractivity (Wildman–Crippen MR) is 153 cm³/mol. The SMILES string of the molecule is Cn1cc(-c2cc(-c3cnn(C)c3)c3c(-c4ccc(CC(=O)Nc5cc(C(C)(C)C)on5)cc4)cnn3c2)cn1. The molecular formula is C30H30N8O2. The molecule has 0 atom stereocenters. The summed E-state index contributed by atoms with van der Waals surface area (Å²) in [6.07, 6.45) is 11.8. The lowest BCUT2D eigenvalue weighted by atomic mass is 9.93. The first-order chi connectivity index (χ1) is 19.1. The van der Waals surface area contributed by atoms with Crippen molar-refractivity contribution in [1.82, 2.24) is 34.3 Å². The topological polar surface area (TPSA) is 108 Å². The van der Waals surface area contributed by atoms with Crippen LogP contribution >= 0.6 is 0 Å². The Hall–Kier alpha value is -4.99. The number of fused-ring (bicyclic) bond motifs is 1. The molecule has 0 unspecified atom stereocenters. The number of nitrogens with zero attached hydrogens (tertiary/aromatic N) is 7. The lowest BCUT2D eigenvalue weighted by Crippen LogP contribution is -2.14. The molecule has 0 aliphatic rings. The van der Waals surface area contributed by atoms with E-state index in [1.165, 1.54) is 0 Å². The molecule has 0 saturated carbocycles. The van der Waals surface area contributed by atoms with E-state index in [-0.39, 0.29) is 17.7 Å². The van der Waals surface area contributed by atoms with Gasteiger partial charge in [-0.25, -0.2) is 4.52 Å². The van der Waals surface area contributed by atoms with Gasteiger partial charge in [0.15, 0.2) is 5.82 Å². The van der Waals surface area contributed by atoms with Crippen LogP contribution in [0.3, 0.4) is 0 Å². The summed E-state index contributed by atoms with van der Waals surface area (Å²) in [7, 11) is 3.81. The molecule has 1 N–H and O–H groups in total. The maximum absolute atomic E-state index is 12.7. The molecule has 6 rings (SSSR count). The Labute approximate surface area is 231 Å². The standard InChI is InChI=1S/C30H30N8O2/c1-30(2,3)26-12-27(35-40-26)34-28(39)10-19-6-8-20(9-7-19)25-15-33-38-18-21(22-13-31-36(4)16-22)11-24(29(25)38)23-14-32-37(5)17-23/h6-9,11-18H,10H2,1-5H3,(H,34,35,39). The number of carbonyl (C=O) groups excluding carboxylic acids is 1. The van der Waals surface area contributed by atoms with E-state index in [2.05, 4.69) is 26.7 Å². The second kappa shape index (κ2) is 9.64. The molecule has 0 radical (unpaired) electrons. The van der Waals surface area contributed by atoms with Gasteiger partial charge < -0.3 is 9.84 Å². The molecule has 1 aromatic carbocycles. The zero-order valence-corrected chi connectivity index (χ0v) is 23.1. The lowest BCUT2D eigenvalue weighted by molar-refractivity contribution is -0.115. The lowest BCUT2D eigenvalue weighted by Gasteiger charge is -2.12. The minimum atomic E-state index is -0.179. The number of pyridine rings is 1. The van der Waals surface area contributed by atoms with Gasteiger partial charge in [0.1, 0.15) is 5.76 Å². The average Bonchev–Trinajstić information content (AvgIpc) is 3.71. The monoisotopic (exact) mass is 534 g/mol. The number of anilines is 1. The third kappa shape index (κ3) is 4.91. The van der Waals surface area contributed by atoms with Crippen LogP contribution in [0.2, 0.25) is 0 Å². The second-order valence-corrected chi connectivity index (χ2v) is 11.0. The van der Waals surface area contributed by atoms with Gasteiger partial charge in [-0.1, -0.05) is 50.2 Å². The van der Waals surface area contributed by atoms with Gasteiger partial charge in [0, 0.05) is 72.0 Å². The van der Waals surface area contributed by atoms with Crippen molar-refractivity contribution in [3.05, 3.63) is 84.9 Å². The number of benzene rings is 1. The van der Waals surface area contributed by atoms with E-state index in [1.807, 2.05) is 101 Å². The van der Waals surface area contributed by atoms with Crippen molar-refractivity contribution in [1.29, 1.82) is 0 Å². The molecule has 0 aliphatic carbocycles. The van der Waals surface area contributed by atoms with Gasteiger partial charge in [-0.2, -0.15) is 15.3 Å². The van der Waals surface area contributed by atoms with Crippen LogP contribution < -0.4 is 5.32 Å². The van der Waals surface area contributed by atoms with Gasteiger partial charge in [-0.05, 0) is 17.2 Å². The molecular weight excluding hydrogens is 504 g/mol. The predicted octanol–water partition coefficient (Wildman–Crippen LogP) is 5.27. The molecule has 10 heteroatoms. The molecule has 0 saturated heterocycles. The Morgan fingerprint density at radius 1 is 0.825 bits per heavy atom. The summed E-state index contributed by atoms with van der Waals surface area (Å²) >= 11 is 0. The summed E-state index contributed by atoms with van der Waals surface area (Å²) in [4.78, 5) is 12.7. The van der Waals surface area contributed by atoms with E-state index < -0.39 is 0 Å². The van der Waals surface area contributed by atoms with Crippen LogP contribution in [-0.4, -0.2) is 40.2 Å². The summed E-state index contributed by atoms with van der Waals surface area (Å²) in [5.74, 6) is 0.990. The fraction of sp³-hybridized carbons (Fsp3) is 0.233. The molecule has 0 bridgehead atoms. The molecule has 6 aromatic rings. The van der Waals surface area contributed by atoms with Crippen molar-refractivity contribution < 1.29 is 9.32 Å². The number of hydrogen-bond donors (Lipinski definition) is 1. The van der Waals surface area contributed by atoms with Gasteiger partial charge in [-0.3, -0.25) is 14.2 Å². The third-order valence-corrected chi connectivity index (χ3v) is 6.81. The number of aryl methyl sites for hydroxylation is 2. The highest BCUT2D eigenvalue weighted by molar-refractivity contribution is 5.95. The first-order valence-corrected chi connectivity index (χ1v) is 13.0. The Bertz CT molecular complexity index is 1830. The highest BCUT2D eigenvalue weighted by atomic mass is 16.5. The van der Waals surface area contributed by atoms with Gasteiger partial charge in [-0.15, -0.1) is 0 Å². The molecule has 202 valence electrons. The molecule has 40 heavy (non-hydrogen) atoms. The highest BCUT2D eigenvalue weighted by Gasteiger charge is 2.21. The maximum atomic E-state index is 12.7. The Morgan fingerprint density at radius 3 is 2.15 bits per heavy atom. The van der Waals surface area contributed by atoms with Gasteiger partial charge in [0.2, 0.25) is 5.91 Å². The van der Waals surface area contributed by atoms with Crippen LogP contribution in [0.25, 0.3) is 38.9 Å². The summed E-state index contributed by atoms with van der Waals surface area (Å²) in [6, 6.07) is 11.9. The second-order valence-electron chi connectivity index (χ2n) is 11.0. The van der Waals surface area contributed by atoms with Gasteiger partial charge in [0.25, 0.3) is 0 Å². The van der Waals surface area contributed by atoms with Crippen molar-refractivity contribution in [2.24, 2.45) is 14.1 Å². The number of nitrogens with one attached hydrogen (secondary N) is 1. The van der Waals surface area contributed by atoms with Gasteiger partial charge >= 0.3 is 0 Å². The zero-order valence-electron chi connectivity index (χ0n) is 23.1. The fourth-order valence-corrected chi connectivity index (χ4v) is 4.70. The summed E-state index contributed by atoms with van der Waals surface area (Å²) < 4.78 is 10.9. The van der Waals surface area contributed by atoms with E-state index in [1.54, 1.807) is 15.4 Å². The Kier molecular flexibility index (Phi) is 6.10. The minimum absolute atomic E-state index is 0.153. The number of amides is 1. The highest BCUT2D eigenvalue weighted by Crippen LogP contribution is 2.36. The summed E-state index contributed by atoms with van der Waals surface area (Å²) in [5, 5.41) is 20.2. The fourth-order valence-electron chi connectivity index (χ4n) is 4.70. The van der Waals surface area contributed by atoms with Crippen molar-refractivity contribution in [3.63, 3.8) is 0 Å². The van der Waals surface area contributed by atoms with E-state index >= 15 is 0 Å². The van der Waals surface area contributed by atoms with Crippen LogP contribution in [-0.2, 0) is 30.7 Å². The first kappa shape index (κ1) is 25.3. The van der Waals surface area contributed by atoms with Crippen LogP contribution in [0.4, 0.5) is 5.82 Å². The molecule has 10 nitrogen and oxygen atoms in total. The van der Waals surface area contributed by atoms with Crippen LogP contribution in [0.1, 0.15) is 32.1 Å². The molecule has 5 heterocycles. The Balaban J connectivity index is 1.29. The quantitative estimate of drug-likeness (QED) is 0.312.